The van der Waals surface area contributed by atoms with Crippen LogP contribution in [0.1, 0.15) is 32.8 Å². The zero-order chi connectivity index (χ0) is 34.0. The molecule has 3 aromatic rings. The lowest BCUT2D eigenvalue weighted by Crippen LogP contribution is -2.52. The summed E-state index contributed by atoms with van der Waals surface area (Å²) in [6.07, 6.45) is 0.269. The van der Waals surface area contributed by atoms with Crippen LogP contribution in [0.4, 0.5) is 5.69 Å². The molecule has 0 fully saturated rings. The van der Waals surface area contributed by atoms with E-state index in [-0.39, 0.29) is 46.9 Å². The average molecular weight is 676 g/mol. The van der Waals surface area contributed by atoms with Crippen LogP contribution in [-0.4, -0.2) is 72.7 Å². The second-order valence-corrected chi connectivity index (χ2v) is 13.0. The van der Waals surface area contributed by atoms with Crippen molar-refractivity contribution in [1.82, 2.24) is 10.2 Å². The van der Waals surface area contributed by atoms with Crippen molar-refractivity contribution in [1.29, 1.82) is 0 Å². The average Bonchev–Trinajstić information content (AvgIpc) is 3.05. The third kappa shape index (κ3) is 8.55. The second kappa shape index (κ2) is 16.4. The third-order valence-electron chi connectivity index (χ3n) is 7.25. The van der Waals surface area contributed by atoms with Crippen LogP contribution in [0.2, 0.25) is 5.02 Å². The van der Waals surface area contributed by atoms with Gasteiger partial charge in [-0.15, -0.1) is 0 Å². The van der Waals surface area contributed by atoms with Gasteiger partial charge in [-0.1, -0.05) is 50.6 Å². The molecule has 0 spiro atoms. The van der Waals surface area contributed by atoms with Crippen LogP contribution in [-0.2, 0) is 26.2 Å². The van der Waals surface area contributed by atoms with Crippen LogP contribution in [0.15, 0.2) is 65.6 Å². The van der Waals surface area contributed by atoms with Gasteiger partial charge in [0.2, 0.25) is 11.8 Å². The molecule has 0 unspecified atom stereocenters. The van der Waals surface area contributed by atoms with E-state index in [0.29, 0.717) is 28.6 Å². The molecule has 0 aromatic heterocycles. The van der Waals surface area contributed by atoms with Gasteiger partial charge >= 0.3 is 0 Å². The maximum Gasteiger partial charge on any atom is 0.265 e. The minimum atomic E-state index is -4.46. The van der Waals surface area contributed by atoms with E-state index >= 15 is 0 Å². The van der Waals surface area contributed by atoms with Crippen molar-refractivity contribution in [2.24, 2.45) is 5.92 Å². The number of anilines is 1. The van der Waals surface area contributed by atoms with Gasteiger partial charge in [0, 0.05) is 30.2 Å². The zero-order valence-corrected chi connectivity index (χ0v) is 28.8. The van der Waals surface area contributed by atoms with Crippen LogP contribution < -0.4 is 28.6 Å². The monoisotopic (exact) mass is 675 g/mol. The summed E-state index contributed by atoms with van der Waals surface area (Å²) >= 11 is 6.49. The first-order chi connectivity index (χ1) is 21.9. The molecule has 250 valence electrons. The van der Waals surface area contributed by atoms with Crippen LogP contribution in [0, 0.1) is 5.92 Å². The maximum atomic E-state index is 14.5. The van der Waals surface area contributed by atoms with E-state index in [0.717, 1.165) is 4.31 Å². The molecule has 13 heteroatoms. The van der Waals surface area contributed by atoms with Crippen molar-refractivity contribution in [3.63, 3.8) is 0 Å². The number of hydrogen-bond acceptors (Lipinski definition) is 8. The standard InChI is InChI=1S/C33H42ClN3O8S/c1-8-27(33(39)35-19-22(2)3)36(20-23-11-9-10-12-26(23)34)32(38)21-37(28-17-24(42-4)13-15-29(28)43-5)46(40,41)25-14-16-30(44-6)31(18-25)45-7/h9-18,22,27H,8,19-21H2,1-7H3,(H,35,39)/t27-/m0/s1. The summed E-state index contributed by atoms with van der Waals surface area (Å²) in [5, 5.41) is 3.31. The molecule has 3 aromatic carbocycles. The number of ether oxygens (including phenoxy) is 4. The molecule has 2 amide bonds. The minimum Gasteiger partial charge on any atom is -0.497 e. The fourth-order valence-corrected chi connectivity index (χ4v) is 6.39. The van der Waals surface area contributed by atoms with Gasteiger partial charge in [-0.25, -0.2) is 8.42 Å². The molecule has 0 saturated heterocycles. The Morgan fingerprint density at radius 3 is 2.11 bits per heavy atom. The lowest BCUT2D eigenvalue weighted by molar-refractivity contribution is -0.140. The molecule has 0 radical (unpaired) electrons. The van der Waals surface area contributed by atoms with Crippen molar-refractivity contribution in [2.75, 3.05) is 45.8 Å². The highest BCUT2D eigenvalue weighted by Gasteiger charge is 2.35. The van der Waals surface area contributed by atoms with Gasteiger partial charge in [0.05, 0.1) is 39.0 Å². The predicted molar refractivity (Wildman–Crippen MR) is 178 cm³/mol. The summed E-state index contributed by atoms with van der Waals surface area (Å²) in [5.41, 5.74) is 0.654. The molecular formula is C33H42ClN3O8S. The number of sulfonamides is 1. The Morgan fingerprint density at radius 1 is 0.870 bits per heavy atom. The molecule has 3 rings (SSSR count). The lowest BCUT2D eigenvalue weighted by Gasteiger charge is -2.34. The van der Waals surface area contributed by atoms with E-state index in [1.165, 1.54) is 57.6 Å². The first-order valence-electron chi connectivity index (χ1n) is 14.7. The lowest BCUT2D eigenvalue weighted by atomic mass is 10.1. The predicted octanol–water partition coefficient (Wildman–Crippen LogP) is 5.15. The SMILES string of the molecule is CC[C@@H](C(=O)NCC(C)C)N(Cc1ccccc1Cl)C(=O)CN(c1cc(OC)ccc1OC)S(=O)(=O)c1ccc(OC)c(OC)c1. The summed E-state index contributed by atoms with van der Waals surface area (Å²) in [6, 6.07) is 14.8. The Bertz CT molecular complexity index is 1620. The third-order valence-corrected chi connectivity index (χ3v) is 9.37. The molecule has 0 saturated carbocycles. The van der Waals surface area contributed by atoms with E-state index in [9.17, 15) is 18.0 Å². The molecule has 0 aliphatic carbocycles. The molecule has 1 atom stereocenters. The summed E-state index contributed by atoms with van der Waals surface area (Å²) in [6.45, 7) is 5.41. The largest absolute Gasteiger partial charge is 0.497 e. The van der Waals surface area contributed by atoms with E-state index < -0.39 is 28.5 Å². The van der Waals surface area contributed by atoms with E-state index in [1.54, 1.807) is 43.3 Å². The Labute approximate surface area is 276 Å². The van der Waals surface area contributed by atoms with Crippen LogP contribution >= 0.6 is 11.6 Å². The number of halogens is 1. The first kappa shape index (κ1) is 36.3. The molecule has 0 aliphatic rings. The Morgan fingerprint density at radius 2 is 1.52 bits per heavy atom. The van der Waals surface area contributed by atoms with Crippen LogP contribution in [0.25, 0.3) is 0 Å². The number of methoxy groups -OCH3 is 4. The number of nitrogens with zero attached hydrogens (tertiary/aromatic N) is 2. The Hall–Kier alpha value is -4.16. The fourth-order valence-electron chi connectivity index (χ4n) is 4.76. The fraction of sp³-hybridized carbons (Fsp3) is 0.394. The molecule has 11 nitrogen and oxygen atoms in total. The number of amides is 2. The summed E-state index contributed by atoms with van der Waals surface area (Å²) < 4.78 is 51.4. The summed E-state index contributed by atoms with van der Waals surface area (Å²) in [5.74, 6) is 0.204. The van der Waals surface area contributed by atoms with Crippen molar-refractivity contribution in [2.45, 2.75) is 44.7 Å². The van der Waals surface area contributed by atoms with Gasteiger partial charge in [-0.05, 0) is 48.2 Å². The van der Waals surface area contributed by atoms with Crippen LogP contribution in [0.3, 0.4) is 0 Å². The number of benzene rings is 3. The molecule has 1 N–H and O–H groups in total. The Kier molecular flexibility index (Phi) is 13.0. The number of carbonyl (C=O) groups is 2. The Balaban J connectivity index is 2.20. The van der Waals surface area contributed by atoms with Gasteiger partial charge in [-0.3, -0.25) is 13.9 Å². The normalized spacial score (nSPS) is 11.8. The highest BCUT2D eigenvalue weighted by Crippen LogP contribution is 2.38. The van der Waals surface area contributed by atoms with Gasteiger partial charge in [0.25, 0.3) is 10.0 Å². The molecule has 0 heterocycles. The molecule has 0 bridgehead atoms. The highest BCUT2D eigenvalue weighted by molar-refractivity contribution is 7.92. The van der Waals surface area contributed by atoms with Crippen LogP contribution in [0.5, 0.6) is 23.0 Å². The molecular weight excluding hydrogens is 634 g/mol. The quantitative estimate of drug-likeness (QED) is 0.221. The topological polar surface area (TPSA) is 124 Å². The smallest absolute Gasteiger partial charge is 0.265 e. The van der Waals surface area contributed by atoms with Gasteiger partial charge in [0.15, 0.2) is 11.5 Å². The second-order valence-electron chi connectivity index (χ2n) is 10.7. The summed E-state index contributed by atoms with van der Waals surface area (Å²) in [7, 11) is 1.20. The van der Waals surface area contributed by atoms with Crippen molar-refractivity contribution >= 4 is 39.1 Å². The number of rotatable bonds is 16. The van der Waals surface area contributed by atoms with Gasteiger partial charge in [0.1, 0.15) is 24.1 Å². The molecule has 0 aliphatic heterocycles. The van der Waals surface area contributed by atoms with E-state index in [2.05, 4.69) is 5.32 Å². The number of hydrogen-bond donors (Lipinski definition) is 1. The number of nitrogens with one attached hydrogen (secondary N) is 1. The van der Waals surface area contributed by atoms with Crippen molar-refractivity contribution in [3.05, 3.63) is 71.2 Å². The summed E-state index contributed by atoms with van der Waals surface area (Å²) in [4.78, 5) is 29.1. The maximum absolute atomic E-state index is 14.5. The van der Waals surface area contributed by atoms with E-state index in [1.807, 2.05) is 13.8 Å². The highest BCUT2D eigenvalue weighted by atomic mass is 35.5. The van der Waals surface area contributed by atoms with Crippen molar-refractivity contribution in [3.8, 4) is 23.0 Å². The van der Waals surface area contributed by atoms with Gasteiger partial charge in [-0.2, -0.15) is 0 Å². The van der Waals surface area contributed by atoms with Crippen molar-refractivity contribution < 1.29 is 37.0 Å². The number of carbonyl (C=O) groups excluding carboxylic acids is 2. The first-order valence-corrected chi connectivity index (χ1v) is 16.5. The van der Waals surface area contributed by atoms with Gasteiger partial charge < -0.3 is 29.2 Å². The molecule has 46 heavy (non-hydrogen) atoms. The zero-order valence-electron chi connectivity index (χ0n) is 27.2. The minimum absolute atomic E-state index is 0.0361. The van der Waals surface area contributed by atoms with E-state index in [4.69, 9.17) is 30.5 Å².